The topological polar surface area (TPSA) is 49.7 Å². The molecule has 2 aromatic rings. The third-order valence-electron chi connectivity index (χ3n) is 2.78. The Morgan fingerprint density at radius 3 is 2.63 bits per heavy atom. The highest BCUT2D eigenvalue weighted by Crippen LogP contribution is 2.22. The van der Waals surface area contributed by atoms with Crippen molar-refractivity contribution in [2.45, 2.75) is 6.92 Å². The molecular formula is C15H12ClNO2. The van der Waals surface area contributed by atoms with Gasteiger partial charge in [-0.15, -0.1) is 0 Å². The lowest BCUT2D eigenvalue weighted by molar-refractivity contribution is 0.0696. The number of carboxylic acid groups (broad SMARTS) is 1. The Morgan fingerprint density at radius 1 is 1.21 bits per heavy atom. The zero-order valence-corrected chi connectivity index (χ0v) is 11.1. The molecule has 0 aliphatic carbocycles. The first-order valence-corrected chi connectivity index (χ1v) is 6.09. The summed E-state index contributed by atoms with van der Waals surface area (Å²) in [5.74, 6) is -0.952. The number of hydrogen-bond donors (Lipinski definition) is 1. The number of rotatable bonds is 3. The first-order valence-electron chi connectivity index (χ1n) is 5.71. The summed E-state index contributed by atoms with van der Waals surface area (Å²) < 4.78 is 0. The molecule has 0 heterocycles. The van der Waals surface area contributed by atoms with E-state index in [-0.39, 0.29) is 5.56 Å². The van der Waals surface area contributed by atoms with Crippen LogP contribution in [0, 0.1) is 6.92 Å². The van der Waals surface area contributed by atoms with Crippen molar-refractivity contribution in [3.63, 3.8) is 0 Å². The molecule has 3 nitrogen and oxygen atoms in total. The highest BCUT2D eigenvalue weighted by Gasteiger charge is 2.08. The van der Waals surface area contributed by atoms with Crippen LogP contribution in [0.25, 0.3) is 0 Å². The number of halogens is 1. The SMILES string of the molecule is Cc1c(N=Cc2ccccc2Cl)cccc1C(=O)O. The maximum Gasteiger partial charge on any atom is 0.336 e. The number of benzene rings is 2. The Kier molecular flexibility index (Phi) is 3.97. The van der Waals surface area contributed by atoms with Gasteiger partial charge >= 0.3 is 5.97 Å². The van der Waals surface area contributed by atoms with Gasteiger partial charge in [-0.3, -0.25) is 4.99 Å². The highest BCUT2D eigenvalue weighted by atomic mass is 35.5. The first kappa shape index (κ1) is 13.3. The van der Waals surface area contributed by atoms with Gasteiger partial charge in [-0.1, -0.05) is 35.9 Å². The summed E-state index contributed by atoms with van der Waals surface area (Å²) in [6.07, 6.45) is 1.64. The van der Waals surface area contributed by atoms with Gasteiger partial charge in [-0.2, -0.15) is 0 Å². The molecule has 0 aliphatic rings. The van der Waals surface area contributed by atoms with Crippen LogP contribution in [0.4, 0.5) is 5.69 Å². The molecule has 1 N–H and O–H groups in total. The molecule has 0 saturated carbocycles. The first-order chi connectivity index (χ1) is 9.09. The molecule has 2 rings (SSSR count). The van der Waals surface area contributed by atoms with Crippen LogP contribution in [0.2, 0.25) is 5.02 Å². The van der Waals surface area contributed by atoms with E-state index in [4.69, 9.17) is 16.7 Å². The Bertz CT molecular complexity index is 650. The third-order valence-corrected chi connectivity index (χ3v) is 3.13. The molecule has 0 amide bonds. The average Bonchev–Trinajstić information content (AvgIpc) is 2.39. The highest BCUT2D eigenvalue weighted by molar-refractivity contribution is 6.33. The number of carboxylic acids is 1. The van der Waals surface area contributed by atoms with Crippen LogP contribution in [0.15, 0.2) is 47.5 Å². The van der Waals surface area contributed by atoms with Crippen LogP contribution in [0.3, 0.4) is 0 Å². The summed E-state index contributed by atoms with van der Waals surface area (Å²) in [5.41, 5.74) is 2.32. The van der Waals surface area contributed by atoms with E-state index in [1.54, 1.807) is 37.4 Å². The number of carbonyl (C=O) groups is 1. The molecule has 96 valence electrons. The van der Waals surface area contributed by atoms with Gasteiger partial charge in [-0.25, -0.2) is 4.79 Å². The molecular weight excluding hydrogens is 262 g/mol. The van der Waals surface area contributed by atoms with Crippen LogP contribution >= 0.6 is 11.6 Å². The van der Waals surface area contributed by atoms with E-state index in [0.717, 1.165) is 5.56 Å². The maximum atomic E-state index is 11.0. The van der Waals surface area contributed by atoms with Crippen LogP contribution in [-0.2, 0) is 0 Å². The van der Waals surface area contributed by atoms with E-state index in [0.29, 0.717) is 16.3 Å². The van der Waals surface area contributed by atoms with Crippen molar-refractivity contribution in [2.75, 3.05) is 0 Å². The summed E-state index contributed by atoms with van der Waals surface area (Å²) >= 11 is 6.03. The summed E-state index contributed by atoms with van der Waals surface area (Å²) in [5, 5.41) is 9.66. The Balaban J connectivity index is 2.37. The van der Waals surface area contributed by atoms with E-state index in [1.807, 2.05) is 18.2 Å². The lowest BCUT2D eigenvalue weighted by Crippen LogP contribution is -1.99. The molecule has 0 saturated heterocycles. The fourth-order valence-electron chi connectivity index (χ4n) is 1.71. The van der Waals surface area contributed by atoms with Crippen LogP contribution in [0.5, 0.6) is 0 Å². The minimum atomic E-state index is -0.952. The molecule has 0 fully saturated rings. The minimum absolute atomic E-state index is 0.258. The lowest BCUT2D eigenvalue weighted by atomic mass is 10.1. The van der Waals surface area contributed by atoms with Gasteiger partial charge in [0, 0.05) is 16.8 Å². The number of aromatic carboxylic acids is 1. The van der Waals surface area contributed by atoms with E-state index >= 15 is 0 Å². The zero-order chi connectivity index (χ0) is 13.8. The van der Waals surface area contributed by atoms with Crippen molar-refractivity contribution in [1.82, 2.24) is 0 Å². The molecule has 0 spiro atoms. The van der Waals surface area contributed by atoms with Crippen molar-refractivity contribution in [3.05, 3.63) is 64.2 Å². The summed E-state index contributed by atoms with van der Waals surface area (Å²) in [7, 11) is 0. The average molecular weight is 274 g/mol. The second kappa shape index (κ2) is 5.67. The van der Waals surface area contributed by atoms with Gasteiger partial charge < -0.3 is 5.11 Å². The molecule has 0 radical (unpaired) electrons. The van der Waals surface area contributed by atoms with Crippen molar-refractivity contribution in [2.24, 2.45) is 4.99 Å². The normalized spacial score (nSPS) is 10.8. The molecule has 0 unspecified atom stereocenters. The lowest BCUT2D eigenvalue weighted by Gasteiger charge is -2.04. The Morgan fingerprint density at radius 2 is 1.95 bits per heavy atom. The van der Waals surface area contributed by atoms with E-state index in [1.165, 1.54) is 0 Å². The zero-order valence-electron chi connectivity index (χ0n) is 10.3. The van der Waals surface area contributed by atoms with Gasteiger partial charge in [0.05, 0.1) is 11.3 Å². The molecule has 4 heteroatoms. The Labute approximate surface area is 116 Å². The van der Waals surface area contributed by atoms with Gasteiger partial charge in [0.1, 0.15) is 0 Å². The second-order valence-electron chi connectivity index (χ2n) is 4.03. The minimum Gasteiger partial charge on any atom is -0.478 e. The summed E-state index contributed by atoms with van der Waals surface area (Å²) in [6.45, 7) is 1.74. The van der Waals surface area contributed by atoms with Crippen molar-refractivity contribution in [3.8, 4) is 0 Å². The van der Waals surface area contributed by atoms with Crippen LogP contribution < -0.4 is 0 Å². The van der Waals surface area contributed by atoms with Crippen LogP contribution in [-0.4, -0.2) is 17.3 Å². The number of hydrogen-bond acceptors (Lipinski definition) is 2. The summed E-state index contributed by atoms with van der Waals surface area (Å²) in [4.78, 5) is 15.3. The molecule has 0 atom stereocenters. The monoisotopic (exact) mass is 273 g/mol. The third kappa shape index (κ3) is 3.01. The fraction of sp³-hybridized carbons (Fsp3) is 0.0667. The van der Waals surface area contributed by atoms with Gasteiger partial charge in [0.2, 0.25) is 0 Å². The number of nitrogens with zero attached hydrogens (tertiary/aromatic N) is 1. The largest absolute Gasteiger partial charge is 0.478 e. The quantitative estimate of drug-likeness (QED) is 0.856. The smallest absolute Gasteiger partial charge is 0.336 e. The van der Waals surface area contributed by atoms with Crippen molar-refractivity contribution < 1.29 is 9.90 Å². The van der Waals surface area contributed by atoms with Crippen molar-refractivity contribution >= 4 is 29.5 Å². The maximum absolute atomic E-state index is 11.0. The van der Waals surface area contributed by atoms with E-state index < -0.39 is 5.97 Å². The second-order valence-corrected chi connectivity index (χ2v) is 4.44. The predicted octanol–water partition coefficient (Wildman–Crippen LogP) is 4.10. The predicted molar refractivity (Wildman–Crippen MR) is 76.8 cm³/mol. The van der Waals surface area contributed by atoms with Crippen molar-refractivity contribution in [1.29, 1.82) is 0 Å². The molecule has 2 aromatic carbocycles. The standard InChI is InChI=1S/C15H12ClNO2/c1-10-12(15(18)19)6-4-8-14(10)17-9-11-5-2-3-7-13(11)16/h2-9H,1H3,(H,18,19). The van der Waals surface area contributed by atoms with Gasteiger partial charge in [-0.05, 0) is 30.7 Å². The molecule has 19 heavy (non-hydrogen) atoms. The van der Waals surface area contributed by atoms with Gasteiger partial charge in [0.25, 0.3) is 0 Å². The molecule has 0 bridgehead atoms. The van der Waals surface area contributed by atoms with E-state index in [9.17, 15) is 4.79 Å². The molecule has 0 aromatic heterocycles. The Hall–Kier alpha value is -2.13. The molecule has 0 aliphatic heterocycles. The fourth-order valence-corrected chi connectivity index (χ4v) is 1.90. The van der Waals surface area contributed by atoms with Gasteiger partial charge in [0.15, 0.2) is 0 Å². The van der Waals surface area contributed by atoms with E-state index in [2.05, 4.69) is 4.99 Å². The number of aliphatic imine (C=N–C) groups is 1. The van der Waals surface area contributed by atoms with Crippen LogP contribution in [0.1, 0.15) is 21.5 Å². The summed E-state index contributed by atoms with van der Waals surface area (Å²) in [6, 6.07) is 12.4.